The first kappa shape index (κ1) is 15.4. The molecule has 0 spiro atoms. The first-order valence-corrected chi connectivity index (χ1v) is 6.23. The van der Waals surface area contributed by atoms with Crippen LogP contribution in [0.25, 0.3) is 0 Å². The number of carbonyl (C=O) groups is 1. The van der Waals surface area contributed by atoms with E-state index in [1.54, 1.807) is 12.1 Å². The quantitative estimate of drug-likeness (QED) is 0.869. The number of ether oxygens (including phenoxy) is 1. The molecule has 2 aromatic rings. The third-order valence-corrected chi connectivity index (χ3v) is 2.77. The van der Waals surface area contributed by atoms with Gasteiger partial charge in [-0.25, -0.2) is 4.98 Å². The van der Waals surface area contributed by atoms with Crippen LogP contribution in [0.3, 0.4) is 0 Å². The summed E-state index contributed by atoms with van der Waals surface area (Å²) in [5.74, 6) is -0.360. The number of nitrogens with zero attached hydrogens (tertiary/aromatic N) is 3. The smallest absolute Gasteiger partial charge is 0.387 e. The Hall–Kier alpha value is -3.01. The summed E-state index contributed by atoms with van der Waals surface area (Å²) in [7, 11) is 0. The highest BCUT2D eigenvalue weighted by Gasteiger charge is 2.18. The summed E-state index contributed by atoms with van der Waals surface area (Å²) in [4.78, 5) is 17.1. The summed E-state index contributed by atoms with van der Waals surface area (Å²) >= 11 is 0. The van der Waals surface area contributed by atoms with Crippen LogP contribution in [0.5, 0.6) is 5.75 Å². The van der Waals surface area contributed by atoms with E-state index in [1.807, 2.05) is 6.07 Å². The molecule has 112 valence electrons. The number of aromatic nitrogens is 1. The minimum Gasteiger partial charge on any atom is -0.435 e. The Labute approximate surface area is 125 Å². The standard InChI is InChI=1S/C15H11F2N3O2/c1-10(21)20(14-3-2-8-19-13(14)9-18)11-4-6-12(7-5-11)22-15(16)17/h2-8,15H,1H3. The van der Waals surface area contributed by atoms with E-state index in [0.29, 0.717) is 11.4 Å². The lowest BCUT2D eigenvalue weighted by atomic mass is 10.2. The van der Waals surface area contributed by atoms with Crippen LogP contribution in [0, 0.1) is 11.3 Å². The van der Waals surface area contributed by atoms with Gasteiger partial charge in [-0.2, -0.15) is 14.0 Å². The van der Waals surface area contributed by atoms with Crippen LogP contribution in [0.2, 0.25) is 0 Å². The van der Waals surface area contributed by atoms with E-state index in [0.717, 1.165) is 0 Å². The maximum absolute atomic E-state index is 12.1. The molecule has 0 fully saturated rings. The number of nitriles is 1. The van der Waals surface area contributed by atoms with Crippen molar-refractivity contribution in [2.75, 3.05) is 4.90 Å². The summed E-state index contributed by atoms with van der Waals surface area (Å²) in [5, 5.41) is 9.09. The Kier molecular flexibility index (Phi) is 4.63. The molecule has 0 bridgehead atoms. The molecule has 2 rings (SSSR count). The van der Waals surface area contributed by atoms with Gasteiger partial charge in [0.15, 0.2) is 5.69 Å². The molecule has 0 atom stereocenters. The number of carbonyl (C=O) groups excluding carboxylic acids is 1. The molecule has 22 heavy (non-hydrogen) atoms. The summed E-state index contributed by atoms with van der Waals surface area (Å²) < 4.78 is 28.5. The number of hydrogen-bond donors (Lipinski definition) is 0. The van der Waals surface area contributed by atoms with Crippen molar-refractivity contribution in [1.29, 1.82) is 5.26 Å². The predicted octanol–water partition coefficient (Wildman–Crippen LogP) is 3.24. The molecule has 0 aliphatic heterocycles. The number of anilines is 2. The van der Waals surface area contributed by atoms with Crippen molar-refractivity contribution in [3.8, 4) is 11.8 Å². The topological polar surface area (TPSA) is 66.2 Å². The van der Waals surface area contributed by atoms with Crippen LogP contribution < -0.4 is 9.64 Å². The van der Waals surface area contributed by atoms with Crippen LogP contribution in [0.15, 0.2) is 42.6 Å². The number of alkyl halides is 2. The fourth-order valence-corrected chi connectivity index (χ4v) is 1.93. The van der Waals surface area contributed by atoms with Gasteiger partial charge in [-0.15, -0.1) is 0 Å². The minimum absolute atomic E-state index is 0.0195. The molecule has 0 radical (unpaired) electrons. The average Bonchev–Trinajstić information content (AvgIpc) is 2.49. The van der Waals surface area contributed by atoms with Gasteiger partial charge in [-0.1, -0.05) is 0 Å². The van der Waals surface area contributed by atoms with E-state index in [2.05, 4.69) is 9.72 Å². The minimum atomic E-state index is -2.92. The highest BCUT2D eigenvalue weighted by molar-refractivity contribution is 6.00. The van der Waals surface area contributed by atoms with Gasteiger partial charge in [-0.3, -0.25) is 9.69 Å². The zero-order valence-corrected chi connectivity index (χ0v) is 11.5. The number of benzene rings is 1. The molecule has 0 saturated carbocycles. The second-order valence-electron chi connectivity index (χ2n) is 4.21. The maximum Gasteiger partial charge on any atom is 0.387 e. The van der Waals surface area contributed by atoms with Gasteiger partial charge in [0.1, 0.15) is 11.8 Å². The fourth-order valence-electron chi connectivity index (χ4n) is 1.93. The van der Waals surface area contributed by atoms with E-state index in [1.165, 1.54) is 42.3 Å². The lowest BCUT2D eigenvalue weighted by Gasteiger charge is -2.22. The molecule has 0 aliphatic rings. The SMILES string of the molecule is CC(=O)N(c1ccc(OC(F)F)cc1)c1cccnc1C#N. The largest absolute Gasteiger partial charge is 0.435 e. The highest BCUT2D eigenvalue weighted by Crippen LogP contribution is 2.29. The van der Waals surface area contributed by atoms with E-state index >= 15 is 0 Å². The lowest BCUT2D eigenvalue weighted by Crippen LogP contribution is -2.23. The zero-order chi connectivity index (χ0) is 16.1. The number of pyridine rings is 1. The third-order valence-electron chi connectivity index (χ3n) is 2.77. The average molecular weight is 303 g/mol. The van der Waals surface area contributed by atoms with Crippen molar-refractivity contribution in [2.24, 2.45) is 0 Å². The summed E-state index contributed by atoms with van der Waals surface area (Å²) in [6.07, 6.45) is 1.44. The molecule has 0 unspecified atom stereocenters. The lowest BCUT2D eigenvalue weighted by molar-refractivity contribution is -0.115. The molecule has 0 saturated heterocycles. The third kappa shape index (κ3) is 3.35. The zero-order valence-electron chi connectivity index (χ0n) is 11.5. The molecule has 0 aliphatic carbocycles. The van der Waals surface area contributed by atoms with Gasteiger partial charge < -0.3 is 4.74 Å². The number of halogens is 2. The molecule has 1 amide bonds. The molecule has 1 aromatic carbocycles. The van der Waals surface area contributed by atoms with Crippen molar-refractivity contribution in [1.82, 2.24) is 4.98 Å². The number of hydrogen-bond acceptors (Lipinski definition) is 4. The molecular formula is C15H11F2N3O2. The molecule has 7 heteroatoms. The van der Waals surface area contributed by atoms with Gasteiger partial charge in [0, 0.05) is 18.8 Å². The number of amides is 1. The van der Waals surface area contributed by atoms with E-state index in [-0.39, 0.29) is 17.4 Å². The van der Waals surface area contributed by atoms with E-state index in [9.17, 15) is 13.6 Å². The Morgan fingerprint density at radius 1 is 1.32 bits per heavy atom. The van der Waals surface area contributed by atoms with Crippen molar-refractivity contribution >= 4 is 17.3 Å². The van der Waals surface area contributed by atoms with Crippen LogP contribution in [-0.2, 0) is 4.79 Å². The van der Waals surface area contributed by atoms with Gasteiger partial charge >= 0.3 is 6.61 Å². The van der Waals surface area contributed by atoms with Crippen LogP contribution in [0.1, 0.15) is 12.6 Å². The fraction of sp³-hybridized carbons (Fsp3) is 0.133. The Morgan fingerprint density at radius 3 is 2.55 bits per heavy atom. The van der Waals surface area contributed by atoms with Gasteiger partial charge in [-0.05, 0) is 36.4 Å². The monoisotopic (exact) mass is 303 g/mol. The van der Waals surface area contributed by atoms with Gasteiger partial charge in [0.05, 0.1) is 5.69 Å². The Balaban J connectivity index is 2.41. The second kappa shape index (κ2) is 6.63. The Morgan fingerprint density at radius 2 is 2.00 bits per heavy atom. The summed E-state index contributed by atoms with van der Waals surface area (Å²) in [5.41, 5.74) is 0.823. The first-order chi connectivity index (χ1) is 10.5. The first-order valence-electron chi connectivity index (χ1n) is 6.23. The van der Waals surface area contributed by atoms with Crippen molar-refractivity contribution in [2.45, 2.75) is 13.5 Å². The van der Waals surface area contributed by atoms with E-state index < -0.39 is 6.61 Å². The van der Waals surface area contributed by atoms with Crippen LogP contribution in [0.4, 0.5) is 20.2 Å². The molecule has 5 nitrogen and oxygen atoms in total. The van der Waals surface area contributed by atoms with Crippen LogP contribution in [-0.4, -0.2) is 17.5 Å². The van der Waals surface area contributed by atoms with Gasteiger partial charge in [0.2, 0.25) is 5.91 Å². The highest BCUT2D eigenvalue weighted by atomic mass is 19.3. The van der Waals surface area contributed by atoms with Crippen molar-refractivity contribution in [3.05, 3.63) is 48.3 Å². The number of rotatable bonds is 4. The van der Waals surface area contributed by atoms with Crippen molar-refractivity contribution in [3.63, 3.8) is 0 Å². The van der Waals surface area contributed by atoms with Crippen molar-refractivity contribution < 1.29 is 18.3 Å². The summed E-state index contributed by atoms with van der Waals surface area (Å²) in [6, 6.07) is 10.6. The maximum atomic E-state index is 12.1. The normalized spacial score (nSPS) is 10.1. The van der Waals surface area contributed by atoms with Crippen LogP contribution >= 0.6 is 0 Å². The second-order valence-corrected chi connectivity index (χ2v) is 4.21. The predicted molar refractivity (Wildman–Crippen MR) is 74.8 cm³/mol. The molecule has 1 aromatic heterocycles. The van der Waals surface area contributed by atoms with Gasteiger partial charge in [0.25, 0.3) is 0 Å². The van der Waals surface area contributed by atoms with E-state index in [4.69, 9.17) is 5.26 Å². The Bertz CT molecular complexity index is 711. The molecule has 1 heterocycles. The molecular weight excluding hydrogens is 292 g/mol. The summed E-state index contributed by atoms with van der Waals surface area (Å²) in [6.45, 7) is -1.59. The molecule has 0 N–H and O–H groups in total.